The third kappa shape index (κ3) is 4.89. The summed E-state index contributed by atoms with van der Waals surface area (Å²) in [6.07, 6.45) is 0.341. The summed E-state index contributed by atoms with van der Waals surface area (Å²) in [7, 11) is 0. The molecule has 6 nitrogen and oxygen atoms in total. The average molecular weight is 279 g/mol. The SMILES string of the molecule is CCNC(=O)C(C)NC(=O)[C@@H](N)Cc1ccc(O)cc1. The molecule has 1 rings (SSSR count). The highest BCUT2D eigenvalue weighted by molar-refractivity contribution is 5.89. The predicted molar refractivity (Wildman–Crippen MR) is 76.1 cm³/mol. The van der Waals surface area contributed by atoms with E-state index in [4.69, 9.17) is 5.73 Å². The fourth-order valence-electron chi connectivity index (χ4n) is 1.69. The van der Waals surface area contributed by atoms with Gasteiger partial charge in [0, 0.05) is 6.54 Å². The number of carbonyl (C=O) groups excluding carboxylic acids is 2. The molecule has 0 fully saturated rings. The van der Waals surface area contributed by atoms with E-state index in [2.05, 4.69) is 10.6 Å². The maximum atomic E-state index is 11.9. The summed E-state index contributed by atoms with van der Waals surface area (Å²) >= 11 is 0. The van der Waals surface area contributed by atoms with E-state index in [1.807, 2.05) is 6.92 Å². The lowest BCUT2D eigenvalue weighted by Gasteiger charge is -2.17. The molecule has 0 bridgehead atoms. The fourth-order valence-corrected chi connectivity index (χ4v) is 1.69. The maximum absolute atomic E-state index is 11.9. The predicted octanol–water partition coefficient (Wildman–Crippen LogP) is -0.0972. The van der Waals surface area contributed by atoms with Crippen molar-refractivity contribution in [1.82, 2.24) is 10.6 Å². The van der Waals surface area contributed by atoms with Gasteiger partial charge < -0.3 is 21.5 Å². The standard InChI is InChI=1S/C14H21N3O3/c1-3-16-13(19)9(2)17-14(20)12(15)8-10-4-6-11(18)7-5-10/h4-7,9,12,18H,3,8,15H2,1-2H3,(H,16,19)(H,17,20)/t9?,12-/m0/s1. The Bertz CT molecular complexity index is 459. The first kappa shape index (κ1) is 16.0. The second-order valence-electron chi connectivity index (χ2n) is 4.60. The Balaban J connectivity index is 2.50. The summed E-state index contributed by atoms with van der Waals surface area (Å²) < 4.78 is 0. The van der Waals surface area contributed by atoms with Gasteiger partial charge in [0.25, 0.3) is 0 Å². The summed E-state index contributed by atoms with van der Waals surface area (Å²) in [5.41, 5.74) is 6.65. The van der Waals surface area contributed by atoms with Gasteiger partial charge in [-0.1, -0.05) is 12.1 Å². The molecule has 0 heterocycles. The number of phenolic OH excluding ortho intramolecular Hbond substituents is 1. The van der Waals surface area contributed by atoms with E-state index in [1.54, 1.807) is 19.1 Å². The highest BCUT2D eigenvalue weighted by atomic mass is 16.3. The maximum Gasteiger partial charge on any atom is 0.242 e. The number of phenols is 1. The minimum Gasteiger partial charge on any atom is -0.508 e. The summed E-state index contributed by atoms with van der Waals surface area (Å²) in [6.45, 7) is 3.93. The highest BCUT2D eigenvalue weighted by Gasteiger charge is 2.19. The van der Waals surface area contributed by atoms with Crippen molar-refractivity contribution in [3.05, 3.63) is 29.8 Å². The molecule has 0 spiro atoms. The Kier molecular flexibility index (Phi) is 5.99. The van der Waals surface area contributed by atoms with Crippen LogP contribution in [-0.4, -0.2) is 35.5 Å². The largest absolute Gasteiger partial charge is 0.508 e. The monoisotopic (exact) mass is 279 g/mol. The van der Waals surface area contributed by atoms with Crippen LogP contribution in [0.1, 0.15) is 19.4 Å². The van der Waals surface area contributed by atoms with Crippen molar-refractivity contribution in [2.75, 3.05) is 6.54 Å². The Hall–Kier alpha value is -2.08. The zero-order valence-electron chi connectivity index (χ0n) is 11.7. The molecule has 20 heavy (non-hydrogen) atoms. The van der Waals surface area contributed by atoms with Crippen LogP contribution in [0.15, 0.2) is 24.3 Å². The quantitative estimate of drug-likeness (QED) is 0.584. The number of rotatable bonds is 6. The van der Waals surface area contributed by atoms with Gasteiger partial charge in [-0.05, 0) is 38.0 Å². The van der Waals surface area contributed by atoms with Gasteiger partial charge in [-0.2, -0.15) is 0 Å². The number of nitrogens with one attached hydrogen (secondary N) is 2. The lowest BCUT2D eigenvalue weighted by atomic mass is 10.1. The highest BCUT2D eigenvalue weighted by Crippen LogP contribution is 2.10. The molecular formula is C14H21N3O3. The molecule has 2 amide bonds. The third-order valence-corrected chi connectivity index (χ3v) is 2.83. The van der Waals surface area contributed by atoms with Crippen LogP contribution in [0.3, 0.4) is 0 Å². The van der Waals surface area contributed by atoms with Crippen LogP contribution in [0.4, 0.5) is 0 Å². The number of hydrogen-bond donors (Lipinski definition) is 4. The van der Waals surface area contributed by atoms with E-state index < -0.39 is 12.1 Å². The second-order valence-corrected chi connectivity index (χ2v) is 4.60. The number of aromatic hydroxyl groups is 1. The molecule has 0 saturated heterocycles. The molecule has 0 aliphatic heterocycles. The number of carbonyl (C=O) groups is 2. The van der Waals surface area contributed by atoms with Crippen molar-refractivity contribution in [3.63, 3.8) is 0 Å². The van der Waals surface area contributed by atoms with Crippen LogP contribution >= 0.6 is 0 Å². The van der Waals surface area contributed by atoms with Crippen LogP contribution in [0.25, 0.3) is 0 Å². The summed E-state index contributed by atoms with van der Waals surface area (Å²) in [4.78, 5) is 23.4. The molecular weight excluding hydrogens is 258 g/mol. The zero-order valence-corrected chi connectivity index (χ0v) is 11.7. The summed E-state index contributed by atoms with van der Waals surface area (Å²) in [5.74, 6) is -0.453. The van der Waals surface area contributed by atoms with Crippen LogP contribution in [-0.2, 0) is 16.0 Å². The first-order chi connectivity index (χ1) is 9.43. The molecule has 1 unspecified atom stereocenters. The van der Waals surface area contributed by atoms with Gasteiger partial charge in [-0.25, -0.2) is 0 Å². The van der Waals surface area contributed by atoms with Crippen molar-refractivity contribution >= 4 is 11.8 Å². The van der Waals surface area contributed by atoms with Gasteiger partial charge in [0.2, 0.25) is 11.8 Å². The minimum absolute atomic E-state index is 0.164. The summed E-state index contributed by atoms with van der Waals surface area (Å²) in [6, 6.07) is 5.13. The number of nitrogens with two attached hydrogens (primary N) is 1. The van der Waals surface area contributed by atoms with Crippen LogP contribution in [0, 0.1) is 0 Å². The van der Waals surface area contributed by atoms with E-state index in [0.29, 0.717) is 13.0 Å². The van der Waals surface area contributed by atoms with Crippen LogP contribution in [0.2, 0.25) is 0 Å². The van der Waals surface area contributed by atoms with E-state index in [0.717, 1.165) is 5.56 Å². The molecule has 6 heteroatoms. The van der Waals surface area contributed by atoms with Crippen molar-refractivity contribution in [2.24, 2.45) is 5.73 Å². The molecule has 110 valence electrons. The van der Waals surface area contributed by atoms with Crippen molar-refractivity contribution in [2.45, 2.75) is 32.4 Å². The molecule has 0 aliphatic rings. The molecule has 0 aromatic heterocycles. The smallest absolute Gasteiger partial charge is 0.242 e. The average Bonchev–Trinajstić information content (AvgIpc) is 2.41. The minimum atomic E-state index is -0.739. The normalized spacial score (nSPS) is 13.3. The molecule has 1 aromatic rings. The Labute approximate surface area is 118 Å². The summed E-state index contributed by atoms with van der Waals surface area (Å²) in [5, 5.41) is 14.4. The van der Waals surface area contributed by atoms with Crippen molar-refractivity contribution in [1.29, 1.82) is 0 Å². The first-order valence-corrected chi connectivity index (χ1v) is 6.55. The Morgan fingerprint density at radius 1 is 1.25 bits per heavy atom. The molecule has 0 saturated carbocycles. The van der Waals surface area contributed by atoms with Gasteiger partial charge in [0.15, 0.2) is 0 Å². The van der Waals surface area contributed by atoms with E-state index >= 15 is 0 Å². The number of benzene rings is 1. The van der Waals surface area contributed by atoms with E-state index in [-0.39, 0.29) is 17.6 Å². The van der Waals surface area contributed by atoms with Gasteiger partial charge in [0.1, 0.15) is 11.8 Å². The van der Waals surface area contributed by atoms with Crippen LogP contribution in [0.5, 0.6) is 5.75 Å². The van der Waals surface area contributed by atoms with E-state index in [9.17, 15) is 14.7 Å². The Morgan fingerprint density at radius 2 is 1.85 bits per heavy atom. The number of hydrogen-bond acceptors (Lipinski definition) is 4. The van der Waals surface area contributed by atoms with Crippen LogP contribution < -0.4 is 16.4 Å². The lowest BCUT2D eigenvalue weighted by Crippen LogP contribution is -2.50. The molecule has 1 aromatic carbocycles. The van der Waals surface area contributed by atoms with E-state index in [1.165, 1.54) is 12.1 Å². The van der Waals surface area contributed by atoms with Gasteiger partial charge in [0.05, 0.1) is 6.04 Å². The Morgan fingerprint density at radius 3 is 2.40 bits per heavy atom. The fraction of sp³-hybridized carbons (Fsp3) is 0.429. The molecule has 5 N–H and O–H groups in total. The zero-order chi connectivity index (χ0) is 15.1. The lowest BCUT2D eigenvalue weighted by molar-refractivity contribution is -0.129. The second kappa shape index (κ2) is 7.49. The van der Waals surface area contributed by atoms with Gasteiger partial charge in [-0.3, -0.25) is 9.59 Å². The molecule has 2 atom stereocenters. The molecule has 0 radical (unpaired) electrons. The van der Waals surface area contributed by atoms with Crippen molar-refractivity contribution < 1.29 is 14.7 Å². The number of likely N-dealkylation sites (N-methyl/N-ethyl adjacent to an activating group) is 1. The molecule has 0 aliphatic carbocycles. The number of amides is 2. The van der Waals surface area contributed by atoms with Crippen molar-refractivity contribution in [3.8, 4) is 5.75 Å². The first-order valence-electron chi connectivity index (χ1n) is 6.55. The topological polar surface area (TPSA) is 104 Å². The van der Waals surface area contributed by atoms with Gasteiger partial charge in [-0.15, -0.1) is 0 Å². The van der Waals surface area contributed by atoms with Gasteiger partial charge >= 0.3 is 0 Å². The third-order valence-electron chi connectivity index (χ3n) is 2.83.